The average Bonchev–Trinajstić information content (AvgIpc) is 3.06. The highest BCUT2D eigenvalue weighted by atomic mass is 15.2. The van der Waals surface area contributed by atoms with Gasteiger partial charge in [0, 0.05) is 33.3 Å². The second-order valence-electron chi connectivity index (χ2n) is 10.0. The Balaban J connectivity index is 1.38. The molecule has 0 atom stereocenters. The van der Waals surface area contributed by atoms with Crippen LogP contribution >= 0.6 is 0 Å². The van der Waals surface area contributed by atoms with E-state index in [0.29, 0.717) is 5.82 Å². The second kappa shape index (κ2) is 9.50. The van der Waals surface area contributed by atoms with Gasteiger partial charge in [0.2, 0.25) is 0 Å². The summed E-state index contributed by atoms with van der Waals surface area (Å²) in [6.07, 6.45) is 3.52. The number of nitrogens with zero attached hydrogens (tertiary/aromatic N) is 5. The van der Waals surface area contributed by atoms with Crippen LogP contribution in [0.5, 0.6) is 0 Å². The van der Waals surface area contributed by atoms with E-state index in [-0.39, 0.29) is 0 Å². The lowest BCUT2D eigenvalue weighted by Crippen LogP contribution is -2.16. The fraction of sp³-hybridized carbons (Fsp3) is 0. The zero-order chi connectivity index (χ0) is 27.2. The summed E-state index contributed by atoms with van der Waals surface area (Å²) in [5, 5.41) is 2.29. The van der Waals surface area contributed by atoms with E-state index < -0.39 is 0 Å². The van der Waals surface area contributed by atoms with Crippen molar-refractivity contribution in [2.45, 2.75) is 0 Å². The predicted molar refractivity (Wildman–Crippen MR) is 165 cm³/mol. The molecule has 2 aromatic heterocycles. The average molecular weight is 526 g/mol. The summed E-state index contributed by atoms with van der Waals surface area (Å²) in [7, 11) is 0. The number of para-hydroxylation sites is 1. The van der Waals surface area contributed by atoms with Crippen LogP contribution in [0.15, 0.2) is 140 Å². The number of hydrogen-bond acceptors (Lipinski definition) is 5. The molecule has 0 bridgehead atoms. The lowest BCUT2D eigenvalue weighted by molar-refractivity contribution is 1.13. The molecule has 0 unspecified atom stereocenters. The maximum absolute atomic E-state index is 5.09. The Bertz CT molecular complexity index is 1980. The van der Waals surface area contributed by atoms with E-state index in [4.69, 9.17) is 15.0 Å². The van der Waals surface area contributed by atoms with E-state index in [1.165, 1.54) is 0 Å². The molecule has 0 aliphatic carbocycles. The van der Waals surface area contributed by atoms with Crippen molar-refractivity contribution < 1.29 is 0 Å². The van der Waals surface area contributed by atoms with Gasteiger partial charge in [-0.2, -0.15) is 0 Å². The lowest BCUT2D eigenvalue weighted by atomic mass is 9.91. The molecule has 3 heterocycles. The zero-order valence-electron chi connectivity index (χ0n) is 22.0. The molecule has 0 fully saturated rings. The number of anilines is 3. The molecule has 0 N–H and O–H groups in total. The van der Waals surface area contributed by atoms with Crippen LogP contribution in [0.3, 0.4) is 0 Å². The Labute approximate surface area is 237 Å². The van der Waals surface area contributed by atoms with Gasteiger partial charge in [0.1, 0.15) is 6.33 Å². The summed E-state index contributed by atoms with van der Waals surface area (Å²) >= 11 is 0. The standard InChI is InChI=1S/C36H23N5/c1-4-11-24(12-5-1)30-21-31(40-36(39-30)25-13-6-2-7-14-25)27-19-26-15-10-18-32-34(26)29(20-27)35-33(22-37-23-38-35)41(32)28-16-8-3-9-17-28/h1-23H. The molecular weight excluding hydrogens is 502 g/mol. The van der Waals surface area contributed by atoms with Crippen molar-refractivity contribution in [1.82, 2.24) is 19.9 Å². The van der Waals surface area contributed by atoms with Crippen LogP contribution in [0.25, 0.3) is 55.9 Å². The molecule has 5 heteroatoms. The van der Waals surface area contributed by atoms with Crippen LogP contribution in [0, 0.1) is 0 Å². The van der Waals surface area contributed by atoms with E-state index in [9.17, 15) is 0 Å². The van der Waals surface area contributed by atoms with E-state index in [1.54, 1.807) is 6.33 Å². The first-order valence-corrected chi connectivity index (χ1v) is 13.6. The molecule has 0 saturated heterocycles. The topological polar surface area (TPSA) is 54.8 Å². The van der Waals surface area contributed by atoms with Crippen molar-refractivity contribution in [3.05, 3.63) is 140 Å². The molecule has 41 heavy (non-hydrogen) atoms. The van der Waals surface area contributed by atoms with Crippen molar-refractivity contribution >= 4 is 27.8 Å². The Morgan fingerprint density at radius 3 is 1.98 bits per heavy atom. The molecule has 8 rings (SSSR count). The molecule has 0 amide bonds. The Kier molecular flexibility index (Phi) is 5.38. The fourth-order valence-corrected chi connectivity index (χ4v) is 5.68. The van der Waals surface area contributed by atoms with Crippen LogP contribution < -0.4 is 4.90 Å². The lowest BCUT2D eigenvalue weighted by Gasteiger charge is -2.32. The number of benzene rings is 5. The third kappa shape index (κ3) is 3.95. The predicted octanol–water partition coefficient (Wildman–Crippen LogP) is 8.87. The van der Waals surface area contributed by atoms with Gasteiger partial charge in [0.05, 0.1) is 34.7 Å². The van der Waals surface area contributed by atoms with Crippen molar-refractivity contribution in [3.8, 4) is 45.2 Å². The fourth-order valence-electron chi connectivity index (χ4n) is 5.68. The van der Waals surface area contributed by atoms with Crippen LogP contribution in [0.4, 0.5) is 17.1 Å². The zero-order valence-corrected chi connectivity index (χ0v) is 22.0. The summed E-state index contributed by atoms with van der Waals surface area (Å²) in [6, 6.07) is 43.8. The van der Waals surface area contributed by atoms with E-state index in [0.717, 1.165) is 67.2 Å². The summed E-state index contributed by atoms with van der Waals surface area (Å²) in [5.74, 6) is 0.697. The van der Waals surface area contributed by atoms with Gasteiger partial charge >= 0.3 is 0 Å². The summed E-state index contributed by atoms with van der Waals surface area (Å²) < 4.78 is 0. The normalized spacial score (nSPS) is 11.9. The Morgan fingerprint density at radius 1 is 0.537 bits per heavy atom. The summed E-state index contributed by atoms with van der Waals surface area (Å²) in [5.41, 5.74) is 9.89. The number of hydrogen-bond donors (Lipinski definition) is 0. The van der Waals surface area contributed by atoms with Crippen molar-refractivity contribution in [2.24, 2.45) is 0 Å². The first kappa shape index (κ1) is 23.2. The molecule has 0 radical (unpaired) electrons. The summed E-state index contributed by atoms with van der Waals surface area (Å²) in [6.45, 7) is 0. The molecule has 7 aromatic rings. The van der Waals surface area contributed by atoms with Crippen molar-refractivity contribution in [3.63, 3.8) is 0 Å². The van der Waals surface area contributed by atoms with Gasteiger partial charge in [0.15, 0.2) is 5.82 Å². The van der Waals surface area contributed by atoms with Gasteiger partial charge in [-0.3, -0.25) is 0 Å². The maximum Gasteiger partial charge on any atom is 0.160 e. The SMILES string of the molecule is c1ccc(-c2cc(-c3cc4c5c(cccc5c3)N(c3ccccc3)c3cncnc3-4)nc(-c3ccccc3)n2)cc1. The quantitative estimate of drug-likeness (QED) is 0.230. The van der Waals surface area contributed by atoms with Crippen LogP contribution in [0.2, 0.25) is 0 Å². The van der Waals surface area contributed by atoms with Gasteiger partial charge in [-0.25, -0.2) is 19.9 Å². The highest BCUT2D eigenvalue weighted by molar-refractivity contribution is 6.14. The minimum absolute atomic E-state index is 0.697. The first-order valence-electron chi connectivity index (χ1n) is 13.6. The first-order chi connectivity index (χ1) is 20.3. The minimum Gasteiger partial charge on any atom is -0.306 e. The van der Waals surface area contributed by atoms with Crippen LogP contribution in [-0.4, -0.2) is 19.9 Å². The van der Waals surface area contributed by atoms with Gasteiger partial charge in [0.25, 0.3) is 0 Å². The highest BCUT2D eigenvalue weighted by Crippen LogP contribution is 2.50. The van der Waals surface area contributed by atoms with Crippen LogP contribution in [0.1, 0.15) is 0 Å². The maximum atomic E-state index is 5.09. The smallest absolute Gasteiger partial charge is 0.160 e. The number of aromatic nitrogens is 4. The molecule has 0 spiro atoms. The molecule has 0 saturated carbocycles. The minimum atomic E-state index is 0.697. The molecule has 5 aromatic carbocycles. The van der Waals surface area contributed by atoms with Crippen molar-refractivity contribution in [2.75, 3.05) is 4.90 Å². The van der Waals surface area contributed by atoms with E-state index in [2.05, 4.69) is 94.8 Å². The molecular formula is C36H23N5. The number of rotatable bonds is 4. The third-order valence-electron chi connectivity index (χ3n) is 7.52. The highest BCUT2D eigenvalue weighted by Gasteiger charge is 2.28. The second-order valence-corrected chi connectivity index (χ2v) is 10.0. The molecule has 1 aliphatic rings. The van der Waals surface area contributed by atoms with Crippen LogP contribution in [-0.2, 0) is 0 Å². The van der Waals surface area contributed by atoms with Gasteiger partial charge < -0.3 is 4.90 Å². The molecule has 1 aliphatic heterocycles. The largest absolute Gasteiger partial charge is 0.306 e. The molecule has 192 valence electrons. The third-order valence-corrected chi connectivity index (χ3v) is 7.52. The van der Waals surface area contributed by atoms with Gasteiger partial charge in [-0.1, -0.05) is 91.0 Å². The monoisotopic (exact) mass is 525 g/mol. The van der Waals surface area contributed by atoms with Gasteiger partial charge in [-0.15, -0.1) is 0 Å². The van der Waals surface area contributed by atoms with E-state index >= 15 is 0 Å². The summed E-state index contributed by atoms with van der Waals surface area (Å²) in [4.78, 5) is 21.5. The Morgan fingerprint density at radius 2 is 1.22 bits per heavy atom. The van der Waals surface area contributed by atoms with E-state index in [1.807, 2.05) is 48.7 Å². The number of fused-ring (bicyclic) bond motifs is 2. The van der Waals surface area contributed by atoms with Gasteiger partial charge in [-0.05, 0) is 41.8 Å². The molecule has 5 nitrogen and oxygen atoms in total. The van der Waals surface area contributed by atoms with Crippen molar-refractivity contribution in [1.29, 1.82) is 0 Å². The Hall–Kier alpha value is -5.68.